The molecule has 1 aliphatic heterocycles. The van der Waals surface area contributed by atoms with E-state index in [1.807, 2.05) is 41.3 Å². The van der Waals surface area contributed by atoms with Gasteiger partial charge in [0.2, 0.25) is 0 Å². The minimum atomic E-state index is -0.0577. The van der Waals surface area contributed by atoms with Crippen molar-refractivity contribution < 1.29 is 13.9 Å². The number of piperazine rings is 1. The topological polar surface area (TPSA) is 45.9 Å². The number of carbonyl (C=O) groups is 1. The summed E-state index contributed by atoms with van der Waals surface area (Å²) in [6.45, 7) is 4.00. The number of carbonyl (C=O) groups excluding carboxylic acids is 1. The maximum atomic E-state index is 12.8. The number of hydrogen-bond acceptors (Lipinski definition) is 4. The van der Waals surface area contributed by atoms with Gasteiger partial charge in [-0.05, 0) is 17.7 Å². The van der Waals surface area contributed by atoms with Gasteiger partial charge < -0.3 is 14.1 Å². The summed E-state index contributed by atoms with van der Waals surface area (Å²) in [6, 6.07) is 17.7. The Morgan fingerprint density at radius 3 is 2.61 bits per heavy atom. The summed E-state index contributed by atoms with van der Waals surface area (Å²) in [5.41, 5.74) is 1.83. The Balaban J connectivity index is 1.34. The van der Waals surface area contributed by atoms with Gasteiger partial charge in [0.25, 0.3) is 5.91 Å². The highest BCUT2D eigenvalue weighted by molar-refractivity contribution is 5.97. The van der Waals surface area contributed by atoms with Crippen LogP contribution in [0.2, 0.25) is 0 Å². The van der Waals surface area contributed by atoms with Gasteiger partial charge in [-0.1, -0.05) is 54.6 Å². The Morgan fingerprint density at radius 2 is 1.86 bits per heavy atom. The van der Waals surface area contributed by atoms with E-state index in [1.54, 1.807) is 13.2 Å². The van der Waals surface area contributed by atoms with E-state index < -0.39 is 0 Å². The second-order valence-corrected chi connectivity index (χ2v) is 6.90. The molecular formula is C23H24N2O3. The molecule has 2 aromatic carbocycles. The van der Waals surface area contributed by atoms with Gasteiger partial charge in [0.05, 0.1) is 7.11 Å². The minimum Gasteiger partial charge on any atom is -0.493 e. The summed E-state index contributed by atoms with van der Waals surface area (Å²) >= 11 is 0. The number of nitrogens with zero attached hydrogens (tertiary/aromatic N) is 2. The molecule has 0 atom stereocenters. The first-order valence-corrected chi connectivity index (χ1v) is 9.54. The van der Waals surface area contributed by atoms with Crippen molar-refractivity contribution in [3.63, 3.8) is 0 Å². The number of ether oxygens (including phenoxy) is 1. The van der Waals surface area contributed by atoms with Gasteiger partial charge in [-0.2, -0.15) is 0 Å². The van der Waals surface area contributed by atoms with Gasteiger partial charge >= 0.3 is 0 Å². The van der Waals surface area contributed by atoms with Crippen LogP contribution in [-0.2, 0) is 0 Å². The Morgan fingerprint density at radius 1 is 1.07 bits per heavy atom. The van der Waals surface area contributed by atoms with Crippen LogP contribution in [0.1, 0.15) is 16.1 Å². The molecule has 1 aliphatic rings. The van der Waals surface area contributed by atoms with Crippen molar-refractivity contribution in [2.45, 2.75) is 0 Å². The van der Waals surface area contributed by atoms with Crippen LogP contribution in [0.5, 0.6) is 5.75 Å². The lowest BCUT2D eigenvalue weighted by Gasteiger charge is -2.33. The molecule has 3 aromatic rings. The fourth-order valence-electron chi connectivity index (χ4n) is 3.49. The lowest BCUT2D eigenvalue weighted by Crippen LogP contribution is -2.48. The molecule has 0 unspecified atom stereocenters. The van der Waals surface area contributed by atoms with E-state index in [0.717, 1.165) is 25.0 Å². The van der Waals surface area contributed by atoms with Crippen molar-refractivity contribution in [3.8, 4) is 5.75 Å². The number of methoxy groups -OCH3 is 1. The molecule has 2 heterocycles. The lowest BCUT2D eigenvalue weighted by atomic mass is 10.2. The first-order valence-electron chi connectivity index (χ1n) is 9.54. The van der Waals surface area contributed by atoms with Crippen LogP contribution in [0.15, 0.2) is 65.1 Å². The number of hydrogen-bond donors (Lipinski definition) is 0. The van der Waals surface area contributed by atoms with Crippen molar-refractivity contribution in [1.29, 1.82) is 0 Å². The molecule has 1 aromatic heterocycles. The first-order chi connectivity index (χ1) is 13.7. The van der Waals surface area contributed by atoms with Crippen molar-refractivity contribution >= 4 is 23.0 Å². The Hall–Kier alpha value is -3.05. The molecule has 144 valence electrons. The Labute approximate surface area is 164 Å². The van der Waals surface area contributed by atoms with Crippen LogP contribution in [0.3, 0.4) is 0 Å². The molecule has 4 rings (SSSR count). The molecule has 1 saturated heterocycles. The minimum absolute atomic E-state index is 0.0577. The van der Waals surface area contributed by atoms with Crippen molar-refractivity contribution in [1.82, 2.24) is 9.80 Å². The second kappa shape index (κ2) is 8.31. The van der Waals surface area contributed by atoms with Crippen molar-refractivity contribution in [2.24, 2.45) is 0 Å². The predicted octanol–water partition coefficient (Wildman–Crippen LogP) is 3.91. The first kappa shape index (κ1) is 18.3. The summed E-state index contributed by atoms with van der Waals surface area (Å²) in [4.78, 5) is 17.0. The van der Waals surface area contributed by atoms with Crippen LogP contribution in [0, 0.1) is 0 Å². The van der Waals surface area contributed by atoms with E-state index in [0.29, 0.717) is 30.2 Å². The van der Waals surface area contributed by atoms with E-state index in [1.165, 1.54) is 5.56 Å². The van der Waals surface area contributed by atoms with Crippen molar-refractivity contribution in [3.05, 3.63) is 72.0 Å². The number of para-hydroxylation sites is 1. The molecule has 5 heteroatoms. The van der Waals surface area contributed by atoms with Crippen LogP contribution in [0.4, 0.5) is 0 Å². The van der Waals surface area contributed by atoms with Crippen LogP contribution < -0.4 is 4.74 Å². The van der Waals surface area contributed by atoms with Gasteiger partial charge in [-0.15, -0.1) is 0 Å². The number of amides is 1. The van der Waals surface area contributed by atoms with E-state index >= 15 is 0 Å². The monoisotopic (exact) mass is 376 g/mol. The number of furan rings is 1. The molecular weight excluding hydrogens is 352 g/mol. The summed E-state index contributed by atoms with van der Waals surface area (Å²) < 4.78 is 11.1. The fraction of sp³-hybridized carbons (Fsp3) is 0.261. The molecule has 0 saturated carbocycles. The predicted molar refractivity (Wildman–Crippen MR) is 111 cm³/mol. The smallest absolute Gasteiger partial charge is 0.289 e. The quantitative estimate of drug-likeness (QED) is 0.677. The highest BCUT2D eigenvalue weighted by atomic mass is 16.5. The Bertz CT molecular complexity index is 970. The molecule has 0 spiro atoms. The molecule has 0 radical (unpaired) electrons. The largest absolute Gasteiger partial charge is 0.493 e. The van der Waals surface area contributed by atoms with Crippen LogP contribution in [-0.4, -0.2) is 55.5 Å². The third-order valence-electron chi connectivity index (χ3n) is 5.07. The van der Waals surface area contributed by atoms with E-state index in [9.17, 15) is 4.79 Å². The highest BCUT2D eigenvalue weighted by Gasteiger charge is 2.24. The summed E-state index contributed by atoms with van der Waals surface area (Å²) in [5, 5.41) is 0.882. The van der Waals surface area contributed by atoms with E-state index in [-0.39, 0.29) is 5.91 Å². The molecule has 1 amide bonds. The third-order valence-corrected chi connectivity index (χ3v) is 5.07. The van der Waals surface area contributed by atoms with Gasteiger partial charge in [-0.25, -0.2) is 0 Å². The summed E-state index contributed by atoms with van der Waals surface area (Å²) in [5.74, 6) is 0.959. The third kappa shape index (κ3) is 3.94. The number of fused-ring (bicyclic) bond motifs is 1. The van der Waals surface area contributed by atoms with Crippen molar-refractivity contribution in [2.75, 3.05) is 39.8 Å². The average Bonchev–Trinajstić information content (AvgIpc) is 3.19. The molecule has 0 bridgehead atoms. The zero-order chi connectivity index (χ0) is 19.3. The maximum absolute atomic E-state index is 12.8. The molecule has 0 aliphatic carbocycles. The maximum Gasteiger partial charge on any atom is 0.289 e. The molecule has 28 heavy (non-hydrogen) atoms. The van der Waals surface area contributed by atoms with Crippen LogP contribution >= 0.6 is 0 Å². The van der Waals surface area contributed by atoms with Gasteiger partial charge in [0.15, 0.2) is 17.1 Å². The zero-order valence-electron chi connectivity index (χ0n) is 16.0. The average molecular weight is 376 g/mol. The SMILES string of the molecule is COc1cccc2cc(C(=O)N3CCN(CC=Cc4ccccc4)CC3)oc12. The molecule has 1 fully saturated rings. The zero-order valence-corrected chi connectivity index (χ0v) is 16.0. The van der Waals surface area contributed by atoms with Gasteiger partial charge in [0.1, 0.15) is 0 Å². The molecule has 0 N–H and O–H groups in total. The summed E-state index contributed by atoms with van der Waals surface area (Å²) in [6.07, 6.45) is 4.32. The number of rotatable bonds is 5. The highest BCUT2D eigenvalue weighted by Crippen LogP contribution is 2.29. The Kier molecular flexibility index (Phi) is 5.44. The van der Waals surface area contributed by atoms with Crippen LogP contribution in [0.25, 0.3) is 17.0 Å². The van der Waals surface area contributed by atoms with Gasteiger partial charge in [0, 0.05) is 38.1 Å². The summed E-state index contributed by atoms with van der Waals surface area (Å²) in [7, 11) is 1.60. The standard InChI is InChI=1S/C23H24N2O3/c1-27-20-11-5-10-19-17-21(28-22(19)20)23(26)25-15-13-24(14-16-25)12-6-9-18-7-3-2-4-8-18/h2-11,17H,12-16H2,1H3. The second-order valence-electron chi connectivity index (χ2n) is 6.90. The lowest BCUT2D eigenvalue weighted by molar-refractivity contribution is 0.0621. The molecule has 5 nitrogen and oxygen atoms in total. The number of benzene rings is 2. The fourth-order valence-corrected chi connectivity index (χ4v) is 3.49. The van der Waals surface area contributed by atoms with E-state index in [4.69, 9.17) is 9.15 Å². The van der Waals surface area contributed by atoms with E-state index in [2.05, 4.69) is 29.2 Å². The van der Waals surface area contributed by atoms with Gasteiger partial charge in [-0.3, -0.25) is 9.69 Å². The normalized spacial score (nSPS) is 15.4.